The van der Waals surface area contributed by atoms with Crippen LogP contribution in [0.2, 0.25) is 10.0 Å². The van der Waals surface area contributed by atoms with Crippen LogP contribution in [0.4, 0.5) is 5.69 Å². The van der Waals surface area contributed by atoms with E-state index in [4.69, 9.17) is 39.0 Å². The number of nitriles is 3. The first-order chi connectivity index (χ1) is 11.1. The third kappa shape index (κ3) is 3.82. The zero-order chi connectivity index (χ0) is 16.8. The molecule has 0 saturated carbocycles. The van der Waals surface area contributed by atoms with Gasteiger partial charge in [-0.15, -0.1) is 0 Å². The Morgan fingerprint density at radius 1 is 0.826 bits per heavy atom. The fourth-order valence-corrected chi connectivity index (χ4v) is 2.18. The first kappa shape index (κ1) is 16.4. The van der Waals surface area contributed by atoms with Crippen molar-refractivity contribution in [2.24, 2.45) is 0 Å². The molecule has 0 aliphatic carbocycles. The molecule has 0 spiro atoms. The van der Waals surface area contributed by atoms with Crippen LogP contribution in [0.15, 0.2) is 53.7 Å². The van der Waals surface area contributed by atoms with Crippen LogP contribution in [0.1, 0.15) is 0 Å². The highest BCUT2D eigenvalue weighted by Crippen LogP contribution is 2.30. The molecular formula is C17H8Cl2N4. The number of hydrogen-bond donors (Lipinski definition) is 1. The van der Waals surface area contributed by atoms with Gasteiger partial charge in [0.1, 0.15) is 23.9 Å². The number of nitrogens with one attached hydrogen (secondary N) is 1. The molecule has 2 aromatic rings. The summed E-state index contributed by atoms with van der Waals surface area (Å²) < 4.78 is 0. The lowest BCUT2D eigenvalue weighted by Crippen LogP contribution is -2.00. The van der Waals surface area contributed by atoms with E-state index in [1.54, 1.807) is 42.5 Å². The van der Waals surface area contributed by atoms with E-state index < -0.39 is 0 Å². The van der Waals surface area contributed by atoms with Crippen LogP contribution in [0.25, 0.3) is 11.1 Å². The van der Waals surface area contributed by atoms with E-state index in [1.807, 2.05) is 18.2 Å². The van der Waals surface area contributed by atoms with E-state index in [0.29, 0.717) is 15.7 Å². The zero-order valence-electron chi connectivity index (χ0n) is 11.6. The van der Waals surface area contributed by atoms with Gasteiger partial charge in [0, 0.05) is 5.69 Å². The SMILES string of the molecule is N#CC(C#N)=C(C#N)Nc1cccc(-c2ccc(Cl)c(Cl)c2)c1. The Kier molecular flexibility index (Phi) is 5.23. The molecule has 0 aliphatic heterocycles. The molecule has 4 nitrogen and oxygen atoms in total. The van der Waals surface area contributed by atoms with Crippen molar-refractivity contribution in [1.82, 2.24) is 0 Å². The molecule has 0 bridgehead atoms. The van der Waals surface area contributed by atoms with Crippen molar-refractivity contribution in [2.75, 3.05) is 5.32 Å². The van der Waals surface area contributed by atoms with Gasteiger partial charge in [0.2, 0.25) is 0 Å². The molecule has 2 aromatic carbocycles. The molecule has 0 atom stereocenters. The minimum atomic E-state index is -0.271. The third-order valence-corrected chi connectivity index (χ3v) is 3.71. The average molecular weight is 339 g/mol. The van der Waals surface area contributed by atoms with Gasteiger partial charge in [0.05, 0.1) is 10.0 Å². The van der Waals surface area contributed by atoms with Crippen molar-refractivity contribution in [3.8, 4) is 29.3 Å². The van der Waals surface area contributed by atoms with Crippen LogP contribution in [-0.4, -0.2) is 0 Å². The lowest BCUT2D eigenvalue weighted by Gasteiger charge is -2.08. The number of halogens is 2. The van der Waals surface area contributed by atoms with Gasteiger partial charge in [-0.2, -0.15) is 15.8 Å². The second-order valence-electron chi connectivity index (χ2n) is 4.42. The molecule has 0 aliphatic rings. The largest absolute Gasteiger partial charge is 0.345 e. The summed E-state index contributed by atoms with van der Waals surface area (Å²) in [6.07, 6.45) is 0. The van der Waals surface area contributed by atoms with Crippen LogP contribution in [0.3, 0.4) is 0 Å². The van der Waals surface area contributed by atoms with Crippen LogP contribution in [0, 0.1) is 34.0 Å². The molecule has 0 saturated heterocycles. The molecular weight excluding hydrogens is 331 g/mol. The molecule has 0 amide bonds. The van der Waals surface area contributed by atoms with Gasteiger partial charge < -0.3 is 5.32 Å². The monoisotopic (exact) mass is 338 g/mol. The Labute approximate surface area is 143 Å². The molecule has 1 N–H and O–H groups in total. The molecule has 2 rings (SSSR count). The topological polar surface area (TPSA) is 83.4 Å². The van der Waals surface area contributed by atoms with Gasteiger partial charge in [-0.1, -0.05) is 41.4 Å². The Hall–Kier alpha value is -2.97. The Bertz CT molecular complexity index is 895. The van der Waals surface area contributed by atoms with E-state index in [1.165, 1.54) is 0 Å². The zero-order valence-corrected chi connectivity index (χ0v) is 13.2. The van der Waals surface area contributed by atoms with Crippen molar-refractivity contribution in [3.05, 3.63) is 63.8 Å². The molecule has 0 unspecified atom stereocenters. The quantitative estimate of drug-likeness (QED) is 0.807. The summed E-state index contributed by atoms with van der Waals surface area (Å²) >= 11 is 11.9. The smallest absolute Gasteiger partial charge is 0.163 e. The Morgan fingerprint density at radius 2 is 1.52 bits per heavy atom. The van der Waals surface area contributed by atoms with Crippen LogP contribution < -0.4 is 5.32 Å². The average Bonchev–Trinajstić information content (AvgIpc) is 2.57. The Morgan fingerprint density at radius 3 is 2.13 bits per heavy atom. The van der Waals surface area contributed by atoms with Gasteiger partial charge in [-0.25, -0.2) is 0 Å². The van der Waals surface area contributed by atoms with Crippen molar-refractivity contribution in [1.29, 1.82) is 15.8 Å². The van der Waals surface area contributed by atoms with Crippen LogP contribution in [-0.2, 0) is 0 Å². The fourth-order valence-electron chi connectivity index (χ4n) is 1.88. The summed E-state index contributed by atoms with van der Waals surface area (Å²) in [4.78, 5) is 0. The number of benzene rings is 2. The van der Waals surface area contributed by atoms with E-state index in [2.05, 4.69) is 5.32 Å². The predicted molar refractivity (Wildman–Crippen MR) is 89.4 cm³/mol. The summed E-state index contributed by atoms with van der Waals surface area (Å²) in [7, 11) is 0. The van der Waals surface area contributed by atoms with E-state index >= 15 is 0 Å². The van der Waals surface area contributed by atoms with Crippen molar-refractivity contribution >= 4 is 28.9 Å². The maximum Gasteiger partial charge on any atom is 0.163 e. The van der Waals surface area contributed by atoms with Gasteiger partial charge in [0.15, 0.2) is 5.57 Å². The van der Waals surface area contributed by atoms with Crippen LogP contribution in [0.5, 0.6) is 0 Å². The van der Waals surface area contributed by atoms with Crippen molar-refractivity contribution in [2.45, 2.75) is 0 Å². The van der Waals surface area contributed by atoms with Crippen molar-refractivity contribution in [3.63, 3.8) is 0 Å². The molecule has 0 aromatic heterocycles. The first-order valence-corrected chi connectivity index (χ1v) is 7.11. The summed E-state index contributed by atoms with van der Waals surface area (Å²) in [5.41, 5.74) is 1.91. The molecule has 110 valence electrons. The molecule has 0 fully saturated rings. The fraction of sp³-hybridized carbons (Fsp3) is 0. The van der Waals surface area contributed by atoms with E-state index in [0.717, 1.165) is 11.1 Å². The summed E-state index contributed by atoms with van der Waals surface area (Å²) in [6, 6.07) is 17.6. The van der Waals surface area contributed by atoms with Crippen LogP contribution >= 0.6 is 23.2 Å². The summed E-state index contributed by atoms with van der Waals surface area (Å²) in [5, 5.41) is 30.4. The van der Waals surface area contributed by atoms with Gasteiger partial charge in [-0.3, -0.25) is 0 Å². The number of nitrogens with zero attached hydrogens (tertiary/aromatic N) is 3. The highest BCUT2D eigenvalue weighted by molar-refractivity contribution is 6.42. The number of allylic oxidation sites excluding steroid dienone is 2. The summed E-state index contributed by atoms with van der Waals surface area (Å²) in [5.74, 6) is 0. The Balaban J connectivity index is 2.40. The second kappa shape index (κ2) is 7.34. The van der Waals surface area contributed by atoms with Crippen molar-refractivity contribution < 1.29 is 0 Å². The molecule has 6 heteroatoms. The van der Waals surface area contributed by atoms with Gasteiger partial charge in [-0.05, 0) is 35.4 Å². The highest BCUT2D eigenvalue weighted by Gasteiger charge is 2.07. The standard InChI is InChI=1S/C17H8Cl2N4/c18-15-5-4-12(7-16(15)19)11-2-1-3-14(6-11)23-17(10-22)13(8-20)9-21/h1-7,23H. The molecule has 23 heavy (non-hydrogen) atoms. The highest BCUT2D eigenvalue weighted by atomic mass is 35.5. The minimum Gasteiger partial charge on any atom is -0.345 e. The third-order valence-electron chi connectivity index (χ3n) is 2.97. The van der Waals surface area contributed by atoms with E-state index in [-0.39, 0.29) is 11.3 Å². The van der Waals surface area contributed by atoms with Gasteiger partial charge in [0.25, 0.3) is 0 Å². The minimum absolute atomic E-state index is 0.0960. The maximum absolute atomic E-state index is 9.07. The van der Waals surface area contributed by atoms with Gasteiger partial charge >= 0.3 is 0 Å². The summed E-state index contributed by atoms with van der Waals surface area (Å²) in [6.45, 7) is 0. The normalized spacial score (nSPS) is 9.17. The molecule has 0 radical (unpaired) electrons. The molecule has 0 heterocycles. The lowest BCUT2D eigenvalue weighted by atomic mass is 10.1. The first-order valence-electron chi connectivity index (χ1n) is 6.36. The second-order valence-corrected chi connectivity index (χ2v) is 5.23. The number of rotatable bonds is 3. The maximum atomic E-state index is 9.07. The lowest BCUT2D eigenvalue weighted by molar-refractivity contribution is 1.37. The predicted octanol–water partition coefficient (Wildman–Crippen LogP) is 4.90. The van der Waals surface area contributed by atoms with E-state index in [9.17, 15) is 0 Å². The number of hydrogen-bond acceptors (Lipinski definition) is 4. The number of anilines is 1.